The minimum Gasteiger partial charge on any atom is -0.493 e. The zero-order chi connectivity index (χ0) is 8.97. The van der Waals surface area contributed by atoms with Crippen LogP contribution in [0.4, 0.5) is 0 Å². The normalized spacial score (nSPS) is 33.7. The van der Waals surface area contributed by atoms with E-state index in [1.165, 1.54) is 12.3 Å². The zero-order valence-corrected chi connectivity index (χ0v) is 6.24. The molecule has 1 rings (SSSR count). The highest BCUT2D eigenvalue weighted by Gasteiger charge is 2.28. The number of ether oxygens (including phenoxy) is 1. The van der Waals surface area contributed by atoms with Crippen molar-refractivity contribution in [1.82, 2.24) is 0 Å². The van der Waals surface area contributed by atoms with Gasteiger partial charge in [0, 0.05) is 4.91 Å². The molecule has 0 saturated carbocycles. The SMILES string of the molecule is [N-]=[N+]=N[C@@H]1C=CO[C@H](CO)[C@H]1O. The van der Waals surface area contributed by atoms with Crippen LogP contribution in [0.3, 0.4) is 0 Å². The Hall–Kier alpha value is -1.23. The zero-order valence-electron chi connectivity index (χ0n) is 6.24. The third kappa shape index (κ3) is 1.68. The van der Waals surface area contributed by atoms with Crippen molar-refractivity contribution >= 4 is 0 Å². The van der Waals surface area contributed by atoms with Crippen molar-refractivity contribution in [2.75, 3.05) is 6.61 Å². The highest BCUT2D eigenvalue weighted by Crippen LogP contribution is 2.14. The molecule has 0 unspecified atom stereocenters. The largest absolute Gasteiger partial charge is 0.493 e. The summed E-state index contributed by atoms with van der Waals surface area (Å²) in [5.74, 6) is 0. The van der Waals surface area contributed by atoms with E-state index in [9.17, 15) is 5.11 Å². The predicted molar refractivity (Wildman–Crippen MR) is 40.0 cm³/mol. The van der Waals surface area contributed by atoms with Gasteiger partial charge in [0.1, 0.15) is 12.2 Å². The molecule has 6 heteroatoms. The molecule has 0 fully saturated rings. The second kappa shape index (κ2) is 3.96. The van der Waals surface area contributed by atoms with E-state index in [1.807, 2.05) is 0 Å². The first-order valence-electron chi connectivity index (χ1n) is 3.45. The van der Waals surface area contributed by atoms with E-state index in [0.717, 1.165) is 0 Å². The van der Waals surface area contributed by atoms with Crippen LogP contribution in [0.15, 0.2) is 17.5 Å². The smallest absolute Gasteiger partial charge is 0.147 e. The van der Waals surface area contributed by atoms with Crippen LogP contribution in [0.25, 0.3) is 10.4 Å². The molecule has 12 heavy (non-hydrogen) atoms. The summed E-state index contributed by atoms with van der Waals surface area (Å²) in [6.45, 7) is -0.303. The Balaban J connectivity index is 2.70. The van der Waals surface area contributed by atoms with Gasteiger partial charge in [0.25, 0.3) is 0 Å². The Bertz CT molecular complexity index is 224. The quantitative estimate of drug-likeness (QED) is 0.345. The van der Waals surface area contributed by atoms with E-state index < -0.39 is 18.2 Å². The molecular formula is C6H9N3O3. The molecule has 1 heterocycles. The number of nitrogens with zero attached hydrogens (tertiary/aromatic N) is 3. The van der Waals surface area contributed by atoms with Crippen LogP contribution >= 0.6 is 0 Å². The molecule has 0 aliphatic carbocycles. The summed E-state index contributed by atoms with van der Waals surface area (Å²) in [5.41, 5.74) is 8.11. The van der Waals surface area contributed by atoms with Gasteiger partial charge in [-0.25, -0.2) is 0 Å². The fourth-order valence-electron chi connectivity index (χ4n) is 0.958. The molecule has 2 N–H and O–H groups in total. The van der Waals surface area contributed by atoms with Gasteiger partial charge in [-0.05, 0) is 11.6 Å². The van der Waals surface area contributed by atoms with Crippen molar-refractivity contribution in [1.29, 1.82) is 0 Å². The van der Waals surface area contributed by atoms with Gasteiger partial charge in [0.05, 0.1) is 18.9 Å². The van der Waals surface area contributed by atoms with Crippen LogP contribution in [0.5, 0.6) is 0 Å². The summed E-state index contributed by atoms with van der Waals surface area (Å²) in [4.78, 5) is 2.56. The average molecular weight is 171 g/mol. The summed E-state index contributed by atoms with van der Waals surface area (Å²) in [7, 11) is 0. The fourth-order valence-corrected chi connectivity index (χ4v) is 0.958. The van der Waals surface area contributed by atoms with Crippen LogP contribution in [-0.4, -0.2) is 35.1 Å². The first-order valence-corrected chi connectivity index (χ1v) is 3.45. The summed E-state index contributed by atoms with van der Waals surface area (Å²) in [5, 5.41) is 21.4. The summed E-state index contributed by atoms with van der Waals surface area (Å²) in [6.07, 6.45) is 1.07. The van der Waals surface area contributed by atoms with E-state index in [2.05, 4.69) is 10.0 Å². The number of hydrogen-bond donors (Lipinski definition) is 2. The lowest BCUT2D eigenvalue weighted by Crippen LogP contribution is -2.41. The van der Waals surface area contributed by atoms with E-state index >= 15 is 0 Å². The van der Waals surface area contributed by atoms with Gasteiger partial charge in [0.15, 0.2) is 0 Å². The molecule has 6 nitrogen and oxygen atoms in total. The van der Waals surface area contributed by atoms with Crippen molar-refractivity contribution in [3.05, 3.63) is 22.8 Å². The summed E-state index contributed by atoms with van der Waals surface area (Å²) >= 11 is 0. The Kier molecular flexibility index (Phi) is 2.93. The molecule has 0 aromatic rings. The second-order valence-electron chi connectivity index (χ2n) is 2.37. The first-order chi connectivity index (χ1) is 5.79. The van der Waals surface area contributed by atoms with Gasteiger partial charge in [-0.15, -0.1) is 0 Å². The maximum atomic E-state index is 9.36. The number of hydrogen-bond acceptors (Lipinski definition) is 4. The van der Waals surface area contributed by atoms with Crippen molar-refractivity contribution in [3.8, 4) is 0 Å². The van der Waals surface area contributed by atoms with Crippen molar-refractivity contribution in [2.24, 2.45) is 5.11 Å². The first kappa shape index (κ1) is 8.86. The molecule has 0 aromatic heterocycles. The lowest BCUT2D eigenvalue weighted by molar-refractivity contribution is -0.0386. The molecule has 1 aliphatic rings. The monoisotopic (exact) mass is 171 g/mol. The van der Waals surface area contributed by atoms with Crippen molar-refractivity contribution in [2.45, 2.75) is 18.2 Å². The molecule has 0 radical (unpaired) electrons. The average Bonchev–Trinajstić information content (AvgIpc) is 2.09. The number of azide groups is 1. The van der Waals surface area contributed by atoms with E-state index in [0.29, 0.717) is 0 Å². The number of aliphatic hydroxyl groups is 2. The van der Waals surface area contributed by atoms with Crippen LogP contribution in [-0.2, 0) is 4.74 Å². The third-order valence-electron chi connectivity index (χ3n) is 1.62. The van der Waals surface area contributed by atoms with Gasteiger partial charge in [0.2, 0.25) is 0 Å². The Morgan fingerprint density at radius 2 is 2.42 bits per heavy atom. The minimum absolute atomic E-state index is 0.303. The maximum absolute atomic E-state index is 9.36. The van der Waals surface area contributed by atoms with E-state index in [4.69, 9.17) is 15.4 Å². The van der Waals surface area contributed by atoms with Crippen LogP contribution in [0.2, 0.25) is 0 Å². The molecule has 0 amide bonds. The second-order valence-corrected chi connectivity index (χ2v) is 2.37. The topological polar surface area (TPSA) is 98.5 Å². The molecule has 0 spiro atoms. The van der Waals surface area contributed by atoms with Crippen LogP contribution in [0, 0.1) is 0 Å². The standard InChI is InChI=1S/C6H9N3O3/c7-9-8-4-1-2-12-5(3-10)6(4)11/h1-2,4-6,10-11H,3H2/t4-,5-,6+/m1/s1. The van der Waals surface area contributed by atoms with Gasteiger partial charge < -0.3 is 14.9 Å². The van der Waals surface area contributed by atoms with Gasteiger partial charge in [-0.1, -0.05) is 5.11 Å². The van der Waals surface area contributed by atoms with Crippen molar-refractivity contribution < 1.29 is 14.9 Å². The highest BCUT2D eigenvalue weighted by molar-refractivity contribution is 5.01. The molecule has 66 valence electrons. The molecule has 1 aliphatic heterocycles. The van der Waals surface area contributed by atoms with Crippen molar-refractivity contribution in [3.63, 3.8) is 0 Å². The molecule has 3 atom stereocenters. The number of aliphatic hydroxyl groups excluding tert-OH is 2. The minimum atomic E-state index is -0.976. The maximum Gasteiger partial charge on any atom is 0.147 e. The van der Waals surface area contributed by atoms with E-state index in [-0.39, 0.29) is 6.61 Å². The summed E-state index contributed by atoms with van der Waals surface area (Å²) in [6, 6.07) is -0.652. The Morgan fingerprint density at radius 1 is 1.67 bits per heavy atom. The Labute approximate surface area is 68.7 Å². The van der Waals surface area contributed by atoms with Gasteiger partial charge in [-0.2, -0.15) is 0 Å². The number of rotatable bonds is 2. The third-order valence-corrected chi connectivity index (χ3v) is 1.62. The lowest BCUT2D eigenvalue weighted by Gasteiger charge is -2.27. The van der Waals surface area contributed by atoms with Crippen LogP contribution < -0.4 is 0 Å². The summed E-state index contributed by atoms with van der Waals surface area (Å²) < 4.78 is 4.85. The Morgan fingerprint density at radius 3 is 3.00 bits per heavy atom. The molecular weight excluding hydrogens is 162 g/mol. The van der Waals surface area contributed by atoms with Crippen LogP contribution in [0.1, 0.15) is 0 Å². The predicted octanol–water partition coefficient (Wildman–Crippen LogP) is -0.0690. The van der Waals surface area contributed by atoms with Gasteiger partial charge in [-0.3, -0.25) is 0 Å². The van der Waals surface area contributed by atoms with Gasteiger partial charge >= 0.3 is 0 Å². The molecule has 0 bridgehead atoms. The highest BCUT2D eigenvalue weighted by atomic mass is 16.5. The van der Waals surface area contributed by atoms with E-state index in [1.54, 1.807) is 0 Å². The molecule has 0 saturated heterocycles. The molecule has 0 aromatic carbocycles. The lowest BCUT2D eigenvalue weighted by atomic mass is 10.1. The fraction of sp³-hybridized carbons (Fsp3) is 0.667.